The Hall–Kier alpha value is -4.98. The summed E-state index contributed by atoms with van der Waals surface area (Å²) in [5.74, 6) is 8.62. The van der Waals surface area contributed by atoms with Crippen LogP contribution in [-0.2, 0) is 0 Å². The molecule has 1 aromatic heterocycles. The van der Waals surface area contributed by atoms with Gasteiger partial charge in [-0.25, -0.2) is 0 Å². The van der Waals surface area contributed by atoms with Crippen LogP contribution in [0.15, 0.2) is 133 Å². The largest absolute Gasteiger partial charge is 0.135 e. The molecule has 0 unspecified atom stereocenters. The minimum Gasteiger partial charge on any atom is -0.135 e. The van der Waals surface area contributed by atoms with Crippen molar-refractivity contribution in [2.75, 3.05) is 0 Å². The number of rotatable bonds is 4. The van der Waals surface area contributed by atoms with Crippen molar-refractivity contribution in [1.29, 1.82) is 0 Å². The molecule has 8 aliphatic rings. The van der Waals surface area contributed by atoms with E-state index in [2.05, 4.69) is 133 Å². The van der Waals surface area contributed by atoms with Crippen molar-refractivity contribution < 1.29 is 0 Å². The van der Waals surface area contributed by atoms with Gasteiger partial charge in [0.05, 0.1) is 0 Å². The van der Waals surface area contributed by atoms with Crippen LogP contribution in [0.25, 0.3) is 85.5 Å². The Morgan fingerprint density at radius 3 is 1.18 bits per heavy atom. The molecular weight excluding hydrogens is 753 g/mol. The van der Waals surface area contributed by atoms with Crippen molar-refractivity contribution in [3.05, 3.63) is 145 Å². The fraction of sp³-hybridized carbons (Fsp3) is 0.333. The van der Waals surface area contributed by atoms with Crippen molar-refractivity contribution >= 4 is 74.6 Å². The maximum atomic E-state index is 2.59. The second kappa shape index (κ2) is 12.8. The zero-order chi connectivity index (χ0) is 39.5. The van der Waals surface area contributed by atoms with Crippen molar-refractivity contribution in [1.82, 2.24) is 0 Å². The Morgan fingerprint density at radius 2 is 0.738 bits per heavy atom. The fourth-order valence-corrected chi connectivity index (χ4v) is 17.7. The molecule has 0 N–H and O–H groups in total. The smallest absolute Gasteiger partial charge is 0.0361 e. The standard InChI is InChI=1S/C60H52S/c1-5-14-46-42(10-1)56(43-11-2-6-15-47(43)59(46)54-38-24-33-22-34(26-38)27-39(54)25-33)37-20-21-52-51(32-37)58-50(18-9-19-53(58)61-52)57-44-12-3-7-16-48(44)60(49-17-8-4-13-45(49)57)55-40-28-35-23-36(30-40)31-41(55)29-35/h1-21,32-36,38-41,54-55H,22-31H2. The molecule has 8 aliphatic carbocycles. The quantitative estimate of drug-likeness (QED) is 0.155. The van der Waals surface area contributed by atoms with Gasteiger partial charge in [-0.15, -0.1) is 11.3 Å². The second-order valence-electron chi connectivity index (χ2n) is 21.2. The van der Waals surface area contributed by atoms with Gasteiger partial charge in [0.15, 0.2) is 0 Å². The van der Waals surface area contributed by atoms with E-state index in [9.17, 15) is 0 Å². The fourth-order valence-electron chi connectivity index (χ4n) is 16.6. The predicted octanol–water partition coefficient (Wildman–Crippen LogP) is 17.1. The molecule has 298 valence electrons. The molecule has 8 aromatic carbocycles. The van der Waals surface area contributed by atoms with Crippen LogP contribution < -0.4 is 0 Å². The normalized spacial score (nSPS) is 30.0. The number of fused-ring (bicyclic) bond motifs is 7. The molecule has 0 spiro atoms. The first-order valence-corrected chi connectivity index (χ1v) is 24.8. The number of hydrogen-bond acceptors (Lipinski definition) is 1. The Kier molecular flexibility index (Phi) is 7.26. The topological polar surface area (TPSA) is 0 Å². The third kappa shape index (κ3) is 4.88. The molecule has 0 amide bonds. The van der Waals surface area contributed by atoms with E-state index < -0.39 is 0 Å². The summed E-state index contributed by atoms with van der Waals surface area (Å²) in [6.45, 7) is 0. The lowest BCUT2D eigenvalue weighted by molar-refractivity contribution is -0.00191. The molecule has 0 saturated heterocycles. The summed E-state index contributed by atoms with van der Waals surface area (Å²) >= 11 is 1.97. The van der Waals surface area contributed by atoms with Gasteiger partial charge in [-0.1, -0.05) is 115 Å². The average Bonchev–Trinajstić information content (AvgIpc) is 3.66. The summed E-state index contributed by atoms with van der Waals surface area (Å²) in [6.07, 6.45) is 14.6. The van der Waals surface area contributed by atoms with E-state index in [-0.39, 0.29) is 0 Å². The summed E-state index contributed by atoms with van der Waals surface area (Å²) in [5.41, 5.74) is 8.90. The molecular formula is C60H52S. The van der Waals surface area contributed by atoms with Crippen LogP contribution in [0, 0.1) is 47.3 Å². The third-order valence-electron chi connectivity index (χ3n) is 18.1. The zero-order valence-corrected chi connectivity index (χ0v) is 35.8. The number of benzene rings is 8. The predicted molar refractivity (Wildman–Crippen MR) is 260 cm³/mol. The third-order valence-corrected chi connectivity index (χ3v) is 19.3. The lowest BCUT2D eigenvalue weighted by atomic mass is 9.50. The molecule has 8 saturated carbocycles. The summed E-state index contributed by atoms with van der Waals surface area (Å²) in [5, 5.41) is 14.6. The summed E-state index contributed by atoms with van der Waals surface area (Å²) in [4.78, 5) is 0. The van der Waals surface area contributed by atoms with E-state index in [1.165, 1.54) is 150 Å². The van der Waals surface area contributed by atoms with Crippen LogP contribution in [0.5, 0.6) is 0 Å². The SMILES string of the molecule is c1cc(-c2c3ccccc3c(C3C4CC5CC(C4)CC3C5)c3ccccc23)c2c(c1)sc1ccc(-c3c4ccccc4c(C4C5CC6CC(C5)CC4C6)c4ccccc34)cc12. The second-order valence-corrected chi connectivity index (χ2v) is 22.2. The monoisotopic (exact) mass is 804 g/mol. The van der Waals surface area contributed by atoms with Gasteiger partial charge >= 0.3 is 0 Å². The molecule has 9 aromatic rings. The van der Waals surface area contributed by atoms with Gasteiger partial charge in [0, 0.05) is 20.2 Å². The Bertz CT molecular complexity index is 3140. The van der Waals surface area contributed by atoms with Crippen LogP contribution in [0.2, 0.25) is 0 Å². The first kappa shape index (κ1) is 34.6. The van der Waals surface area contributed by atoms with Gasteiger partial charge in [0.1, 0.15) is 0 Å². The first-order chi connectivity index (χ1) is 30.2. The molecule has 0 aliphatic heterocycles. The van der Waals surface area contributed by atoms with Gasteiger partial charge < -0.3 is 0 Å². The lowest BCUT2D eigenvalue weighted by Crippen LogP contribution is -2.43. The van der Waals surface area contributed by atoms with Crippen molar-refractivity contribution in [3.8, 4) is 22.3 Å². The van der Waals surface area contributed by atoms with Crippen LogP contribution in [0.4, 0.5) is 0 Å². The van der Waals surface area contributed by atoms with Crippen LogP contribution >= 0.6 is 11.3 Å². The van der Waals surface area contributed by atoms with Crippen molar-refractivity contribution in [2.45, 2.75) is 76.0 Å². The highest BCUT2D eigenvalue weighted by molar-refractivity contribution is 7.26. The maximum absolute atomic E-state index is 2.59. The van der Waals surface area contributed by atoms with Gasteiger partial charge in [-0.2, -0.15) is 0 Å². The zero-order valence-electron chi connectivity index (χ0n) is 35.0. The highest BCUT2D eigenvalue weighted by atomic mass is 32.1. The summed E-state index contributed by atoms with van der Waals surface area (Å²) < 4.78 is 2.76. The highest BCUT2D eigenvalue weighted by Crippen LogP contribution is 2.63. The molecule has 0 radical (unpaired) electrons. The molecule has 61 heavy (non-hydrogen) atoms. The van der Waals surface area contributed by atoms with E-state index in [1.54, 1.807) is 11.1 Å². The maximum Gasteiger partial charge on any atom is 0.0361 e. The Balaban J connectivity index is 0.959. The molecule has 0 nitrogen and oxygen atoms in total. The minimum atomic E-state index is 0.677. The minimum absolute atomic E-state index is 0.677. The molecule has 1 heteroatoms. The lowest BCUT2D eigenvalue weighted by Gasteiger charge is -2.55. The molecule has 1 heterocycles. The highest BCUT2D eigenvalue weighted by Gasteiger charge is 2.51. The van der Waals surface area contributed by atoms with E-state index in [4.69, 9.17) is 0 Å². The average molecular weight is 805 g/mol. The number of hydrogen-bond donors (Lipinski definition) is 0. The van der Waals surface area contributed by atoms with E-state index in [1.807, 2.05) is 11.3 Å². The van der Waals surface area contributed by atoms with Gasteiger partial charge in [0.2, 0.25) is 0 Å². The summed E-state index contributed by atoms with van der Waals surface area (Å²) in [7, 11) is 0. The Morgan fingerprint density at radius 1 is 0.328 bits per heavy atom. The van der Waals surface area contributed by atoms with Crippen LogP contribution in [0.1, 0.15) is 87.2 Å². The molecule has 8 fully saturated rings. The van der Waals surface area contributed by atoms with Crippen LogP contribution in [0.3, 0.4) is 0 Å². The van der Waals surface area contributed by atoms with Crippen molar-refractivity contribution in [3.63, 3.8) is 0 Å². The van der Waals surface area contributed by atoms with Gasteiger partial charge in [-0.05, 0) is 218 Å². The van der Waals surface area contributed by atoms with Gasteiger partial charge in [0.25, 0.3) is 0 Å². The number of thiophene rings is 1. The van der Waals surface area contributed by atoms with Crippen LogP contribution in [-0.4, -0.2) is 0 Å². The van der Waals surface area contributed by atoms with Crippen molar-refractivity contribution in [2.24, 2.45) is 47.3 Å². The van der Waals surface area contributed by atoms with E-state index in [0.717, 1.165) is 47.3 Å². The molecule has 0 atom stereocenters. The first-order valence-electron chi connectivity index (χ1n) is 24.0. The molecule has 17 rings (SSSR count). The Labute approximate surface area is 363 Å². The summed E-state index contributed by atoms with van der Waals surface area (Å²) in [6, 6.07) is 52.8. The molecule has 8 bridgehead atoms. The van der Waals surface area contributed by atoms with E-state index >= 15 is 0 Å². The van der Waals surface area contributed by atoms with E-state index in [0.29, 0.717) is 11.8 Å². The van der Waals surface area contributed by atoms with Gasteiger partial charge in [-0.3, -0.25) is 0 Å².